The van der Waals surface area contributed by atoms with Gasteiger partial charge in [0, 0.05) is 0 Å². The van der Waals surface area contributed by atoms with Crippen molar-refractivity contribution in [3.63, 3.8) is 0 Å². The third-order valence-corrected chi connectivity index (χ3v) is 6.87. The molecular weight excluding hydrogens is 388 g/mol. The number of hydrogen-bond acceptors (Lipinski definition) is 4. The van der Waals surface area contributed by atoms with Crippen LogP contribution in [-0.2, 0) is 9.47 Å². The van der Waals surface area contributed by atoms with Gasteiger partial charge in [0.2, 0.25) is 0 Å². The van der Waals surface area contributed by atoms with Crippen LogP contribution in [0.2, 0.25) is 0 Å². The van der Waals surface area contributed by atoms with E-state index in [1.54, 1.807) is 6.08 Å². The molecule has 31 heavy (non-hydrogen) atoms. The number of carbonyl (C=O) groups excluding carboxylic acids is 1. The molecule has 0 aromatic heterocycles. The van der Waals surface area contributed by atoms with Crippen LogP contribution in [0.1, 0.15) is 72.9 Å². The lowest BCUT2D eigenvalue weighted by Gasteiger charge is -2.37. The van der Waals surface area contributed by atoms with Gasteiger partial charge in [-0.25, -0.2) is 4.79 Å². The first kappa shape index (κ1) is 23.6. The zero-order valence-electron chi connectivity index (χ0n) is 19.2. The monoisotopic (exact) mass is 426 g/mol. The van der Waals surface area contributed by atoms with Crippen molar-refractivity contribution >= 4 is 5.97 Å². The van der Waals surface area contributed by atoms with Crippen molar-refractivity contribution in [3.8, 4) is 5.75 Å². The Morgan fingerprint density at radius 3 is 1.90 bits per heavy atom. The van der Waals surface area contributed by atoms with E-state index in [-0.39, 0.29) is 12.1 Å². The predicted molar refractivity (Wildman–Crippen MR) is 125 cm³/mol. The van der Waals surface area contributed by atoms with Crippen molar-refractivity contribution in [3.05, 3.63) is 54.1 Å². The Kier molecular flexibility index (Phi) is 8.77. The third kappa shape index (κ3) is 6.46. The van der Waals surface area contributed by atoms with E-state index in [1.807, 2.05) is 32.1 Å². The normalized spacial score (nSPS) is 26.1. The van der Waals surface area contributed by atoms with E-state index in [1.165, 1.54) is 25.7 Å². The van der Waals surface area contributed by atoms with Crippen LogP contribution in [0, 0.1) is 25.7 Å². The molecular formula is C27H38O4. The molecule has 4 heteroatoms. The van der Waals surface area contributed by atoms with Crippen LogP contribution in [-0.4, -0.2) is 31.4 Å². The number of rotatable bonds is 9. The highest BCUT2D eigenvalue weighted by atomic mass is 16.5. The van der Waals surface area contributed by atoms with E-state index in [2.05, 4.69) is 13.2 Å². The van der Waals surface area contributed by atoms with Gasteiger partial charge in [-0.3, -0.25) is 0 Å². The summed E-state index contributed by atoms with van der Waals surface area (Å²) in [6, 6.07) is 3.73. The van der Waals surface area contributed by atoms with Gasteiger partial charge in [-0.05, 0) is 100 Å². The Labute approximate surface area is 187 Å². The Hall–Kier alpha value is -2.07. The second-order valence-electron chi connectivity index (χ2n) is 9.14. The minimum atomic E-state index is -0.218. The van der Waals surface area contributed by atoms with Gasteiger partial charge < -0.3 is 14.2 Å². The van der Waals surface area contributed by atoms with Crippen molar-refractivity contribution in [2.24, 2.45) is 11.8 Å². The molecule has 0 unspecified atom stereocenters. The summed E-state index contributed by atoms with van der Waals surface area (Å²) >= 11 is 0. The largest absolute Gasteiger partial charge is 0.489 e. The predicted octanol–water partition coefficient (Wildman–Crippen LogP) is 6.35. The SMILES string of the molecule is C=CCOc1c(C)cc(C(=O)OC2CCC(C3CCC(OCC=C)CC3)CC2)cc1C. The number of benzene rings is 1. The highest BCUT2D eigenvalue weighted by Crippen LogP contribution is 2.39. The number of ether oxygens (including phenoxy) is 3. The summed E-state index contributed by atoms with van der Waals surface area (Å²) in [6.07, 6.45) is 13.1. The van der Waals surface area contributed by atoms with E-state index < -0.39 is 0 Å². The van der Waals surface area contributed by atoms with Crippen molar-refractivity contribution in [1.82, 2.24) is 0 Å². The average molecular weight is 427 g/mol. The van der Waals surface area contributed by atoms with E-state index in [4.69, 9.17) is 14.2 Å². The fourth-order valence-electron chi connectivity index (χ4n) is 5.27. The Morgan fingerprint density at radius 1 is 0.871 bits per heavy atom. The van der Waals surface area contributed by atoms with Crippen LogP contribution >= 0.6 is 0 Å². The topological polar surface area (TPSA) is 44.8 Å². The molecule has 0 radical (unpaired) electrons. The van der Waals surface area contributed by atoms with Gasteiger partial charge in [0.1, 0.15) is 18.5 Å². The molecule has 0 N–H and O–H groups in total. The van der Waals surface area contributed by atoms with E-state index in [0.29, 0.717) is 24.9 Å². The van der Waals surface area contributed by atoms with Gasteiger partial charge in [0.05, 0.1) is 18.3 Å². The molecule has 3 rings (SSSR count). The Bertz CT molecular complexity index is 729. The first-order chi connectivity index (χ1) is 15.0. The first-order valence-corrected chi connectivity index (χ1v) is 11.8. The van der Waals surface area contributed by atoms with Gasteiger partial charge in [0.15, 0.2) is 0 Å². The standard InChI is InChI=1S/C27H38O4/c1-5-15-29-24-11-7-21(8-12-24)22-9-13-25(14-10-22)31-27(28)23-17-19(3)26(20(4)18-23)30-16-6-2/h5-6,17-18,21-22,24-25H,1-2,7-16H2,3-4H3. The molecule has 2 saturated carbocycles. The maximum Gasteiger partial charge on any atom is 0.338 e. The van der Waals surface area contributed by atoms with E-state index in [0.717, 1.165) is 54.4 Å². The van der Waals surface area contributed by atoms with Crippen LogP contribution in [0.3, 0.4) is 0 Å². The fraction of sp³-hybridized carbons (Fsp3) is 0.593. The van der Waals surface area contributed by atoms with Crippen LogP contribution in [0.5, 0.6) is 5.75 Å². The summed E-state index contributed by atoms with van der Waals surface area (Å²) in [7, 11) is 0. The minimum Gasteiger partial charge on any atom is -0.489 e. The second-order valence-corrected chi connectivity index (χ2v) is 9.14. The highest BCUT2D eigenvalue weighted by molar-refractivity contribution is 5.90. The number of esters is 1. The third-order valence-electron chi connectivity index (χ3n) is 6.87. The summed E-state index contributed by atoms with van der Waals surface area (Å²) < 4.78 is 17.4. The lowest BCUT2D eigenvalue weighted by atomic mass is 9.72. The molecule has 1 aromatic carbocycles. The van der Waals surface area contributed by atoms with Crippen molar-refractivity contribution in [2.45, 2.75) is 77.4 Å². The number of carbonyl (C=O) groups is 1. The molecule has 4 nitrogen and oxygen atoms in total. The maximum atomic E-state index is 12.7. The smallest absolute Gasteiger partial charge is 0.338 e. The van der Waals surface area contributed by atoms with Gasteiger partial charge in [-0.15, -0.1) is 6.58 Å². The van der Waals surface area contributed by atoms with E-state index in [9.17, 15) is 4.79 Å². The zero-order chi connectivity index (χ0) is 22.2. The first-order valence-electron chi connectivity index (χ1n) is 11.8. The van der Waals surface area contributed by atoms with Gasteiger partial charge in [0.25, 0.3) is 0 Å². The lowest BCUT2D eigenvalue weighted by Crippen LogP contribution is -2.31. The minimum absolute atomic E-state index is 0.0355. The van der Waals surface area contributed by atoms with Crippen LogP contribution < -0.4 is 4.74 Å². The quantitative estimate of drug-likeness (QED) is 0.341. The number of hydrogen-bond donors (Lipinski definition) is 0. The molecule has 2 aliphatic rings. The zero-order valence-corrected chi connectivity index (χ0v) is 19.2. The van der Waals surface area contributed by atoms with Crippen LogP contribution in [0.15, 0.2) is 37.4 Å². The van der Waals surface area contributed by atoms with Crippen LogP contribution in [0.4, 0.5) is 0 Å². The Balaban J connectivity index is 1.46. The van der Waals surface area contributed by atoms with Crippen molar-refractivity contribution < 1.29 is 19.0 Å². The molecule has 0 bridgehead atoms. The summed E-state index contributed by atoms with van der Waals surface area (Å²) in [4.78, 5) is 12.7. The molecule has 0 amide bonds. The molecule has 170 valence electrons. The number of aryl methyl sites for hydroxylation is 2. The summed E-state index contributed by atoms with van der Waals surface area (Å²) in [5.74, 6) is 2.17. The van der Waals surface area contributed by atoms with E-state index >= 15 is 0 Å². The maximum absolute atomic E-state index is 12.7. The molecule has 0 heterocycles. The Morgan fingerprint density at radius 2 is 1.39 bits per heavy atom. The summed E-state index contributed by atoms with van der Waals surface area (Å²) in [5.41, 5.74) is 2.51. The molecule has 2 aliphatic carbocycles. The molecule has 0 atom stereocenters. The highest BCUT2D eigenvalue weighted by Gasteiger charge is 2.32. The summed E-state index contributed by atoms with van der Waals surface area (Å²) in [5, 5.41) is 0. The molecule has 0 saturated heterocycles. The van der Waals surface area contributed by atoms with Gasteiger partial charge >= 0.3 is 5.97 Å². The summed E-state index contributed by atoms with van der Waals surface area (Å²) in [6.45, 7) is 12.5. The molecule has 1 aromatic rings. The molecule has 2 fully saturated rings. The molecule has 0 spiro atoms. The second kappa shape index (κ2) is 11.5. The molecule has 0 aliphatic heterocycles. The van der Waals surface area contributed by atoms with Crippen molar-refractivity contribution in [2.75, 3.05) is 13.2 Å². The van der Waals surface area contributed by atoms with Crippen LogP contribution in [0.25, 0.3) is 0 Å². The van der Waals surface area contributed by atoms with Crippen molar-refractivity contribution in [1.29, 1.82) is 0 Å². The van der Waals surface area contributed by atoms with Gasteiger partial charge in [-0.2, -0.15) is 0 Å². The average Bonchev–Trinajstić information content (AvgIpc) is 2.78. The lowest BCUT2D eigenvalue weighted by molar-refractivity contribution is 0.000881. The fourth-order valence-corrected chi connectivity index (χ4v) is 5.27. The van der Waals surface area contributed by atoms with Gasteiger partial charge in [-0.1, -0.05) is 18.7 Å².